The summed E-state index contributed by atoms with van der Waals surface area (Å²) in [7, 11) is 0. The molecule has 0 radical (unpaired) electrons. The molecule has 0 saturated carbocycles. The Hall–Kier alpha value is -2.98. The van der Waals surface area contributed by atoms with Crippen LogP contribution in [0.1, 0.15) is 24.0 Å². The number of hydrogen-bond acceptors (Lipinski definition) is 4. The summed E-state index contributed by atoms with van der Waals surface area (Å²) in [4.78, 5) is 20.1. The highest BCUT2D eigenvalue weighted by Gasteiger charge is 2.13. The largest absolute Gasteiger partial charge is 0.388 e. The Labute approximate surface area is 158 Å². The number of aryl methyl sites for hydroxylation is 2. The molecule has 27 heavy (non-hydrogen) atoms. The maximum atomic E-state index is 10.1. The van der Waals surface area contributed by atoms with E-state index in [2.05, 4.69) is 59.8 Å². The van der Waals surface area contributed by atoms with E-state index < -0.39 is 18.5 Å². The van der Waals surface area contributed by atoms with Crippen LogP contribution in [0.5, 0.6) is 0 Å². The van der Waals surface area contributed by atoms with Crippen molar-refractivity contribution in [2.24, 2.45) is 0 Å². The SMILES string of the molecule is C=CC(=O)OC(=O)CO.c1ccc2c(c1)ccc1c3c(ccc12)CCCC3. The maximum Gasteiger partial charge on any atom is 0.339 e. The van der Waals surface area contributed by atoms with Gasteiger partial charge >= 0.3 is 11.9 Å². The van der Waals surface area contributed by atoms with Gasteiger partial charge in [0.25, 0.3) is 0 Å². The van der Waals surface area contributed by atoms with Crippen molar-refractivity contribution in [3.8, 4) is 0 Å². The molecule has 0 saturated heterocycles. The standard InChI is InChI=1S/C18H16.C5H6O4/c1-3-7-15-13(5-1)9-11-18-16-8-4-2-6-14(16)10-12-17(15)18;1-2-4(7)9-5(8)3-6/h1,3,5,7,9-12H,2,4,6,8H2;2,6H,1,3H2. The van der Waals surface area contributed by atoms with Crippen LogP contribution in [0.4, 0.5) is 0 Å². The average molecular weight is 362 g/mol. The highest BCUT2D eigenvalue weighted by atomic mass is 16.6. The molecule has 1 aliphatic carbocycles. The number of hydrogen-bond donors (Lipinski definition) is 1. The first-order chi connectivity index (χ1) is 13.1. The van der Waals surface area contributed by atoms with Crippen LogP contribution in [0, 0.1) is 0 Å². The lowest BCUT2D eigenvalue weighted by Crippen LogP contribution is -2.12. The fourth-order valence-corrected chi connectivity index (χ4v) is 3.53. The molecule has 0 aliphatic heterocycles. The van der Waals surface area contributed by atoms with E-state index in [1.54, 1.807) is 11.1 Å². The Morgan fingerprint density at radius 1 is 0.963 bits per heavy atom. The summed E-state index contributed by atoms with van der Waals surface area (Å²) < 4.78 is 3.90. The molecular formula is C23H22O4. The number of rotatable bonds is 2. The highest BCUT2D eigenvalue weighted by Crippen LogP contribution is 2.33. The van der Waals surface area contributed by atoms with Gasteiger partial charge in [-0.2, -0.15) is 0 Å². The number of esters is 2. The van der Waals surface area contributed by atoms with Gasteiger partial charge in [0.05, 0.1) is 0 Å². The van der Waals surface area contributed by atoms with E-state index in [4.69, 9.17) is 5.11 Å². The molecule has 4 nitrogen and oxygen atoms in total. The van der Waals surface area contributed by atoms with Gasteiger partial charge in [0.15, 0.2) is 0 Å². The fraction of sp³-hybridized carbons (Fsp3) is 0.217. The second-order valence-corrected chi connectivity index (χ2v) is 6.45. The molecule has 0 heterocycles. The third-order valence-electron chi connectivity index (χ3n) is 4.77. The first kappa shape index (κ1) is 18.8. The predicted molar refractivity (Wildman–Crippen MR) is 106 cm³/mol. The molecule has 4 heteroatoms. The van der Waals surface area contributed by atoms with Gasteiger partial charge in [0.1, 0.15) is 6.61 Å². The highest BCUT2D eigenvalue weighted by molar-refractivity contribution is 6.08. The van der Waals surface area contributed by atoms with Gasteiger partial charge in [-0.15, -0.1) is 0 Å². The van der Waals surface area contributed by atoms with Crippen molar-refractivity contribution >= 4 is 33.5 Å². The first-order valence-electron chi connectivity index (χ1n) is 9.04. The minimum atomic E-state index is -0.972. The second kappa shape index (κ2) is 8.60. The number of carbonyl (C=O) groups is 2. The van der Waals surface area contributed by atoms with E-state index in [0.717, 1.165) is 6.08 Å². The van der Waals surface area contributed by atoms with E-state index in [1.165, 1.54) is 47.2 Å². The second-order valence-electron chi connectivity index (χ2n) is 6.45. The Bertz CT molecular complexity index is 1000. The van der Waals surface area contributed by atoms with Gasteiger partial charge in [-0.3, -0.25) is 0 Å². The topological polar surface area (TPSA) is 63.6 Å². The van der Waals surface area contributed by atoms with Gasteiger partial charge < -0.3 is 9.84 Å². The van der Waals surface area contributed by atoms with Crippen molar-refractivity contribution in [2.45, 2.75) is 25.7 Å². The lowest BCUT2D eigenvalue weighted by molar-refractivity contribution is -0.158. The summed E-state index contributed by atoms with van der Waals surface area (Å²) in [6.45, 7) is 2.25. The van der Waals surface area contributed by atoms with Gasteiger partial charge in [-0.05, 0) is 58.4 Å². The minimum absolute atomic E-state index is 0.792. The van der Waals surface area contributed by atoms with Crippen molar-refractivity contribution in [2.75, 3.05) is 6.61 Å². The molecule has 0 fully saturated rings. The molecule has 0 bridgehead atoms. The van der Waals surface area contributed by atoms with Gasteiger partial charge in [-0.25, -0.2) is 9.59 Å². The fourth-order valence-electron chi connectivity index (χ4n) is 3.53. The van der Waals surface area contributed by atoms with E-state index in [-0.39, 0.29) is 0 Å². The summed E-state index contributed by atoms with van der Waals surface area (Å²) in [5.74, 6) is -1.83. The Kier molecular flexibility index (Phi) is 5.99. The Morgan fingerprint density at radius 3 is 2.48 bits per heavy atom. The van der Waals surface area contributed by atoms with Crippen LogP contribution in [-0.2, 0) is 27.2 Å². The zero-order chi connectivity index (χ0) is 19.2. The van der Waals surface area contributed by atoms with Crippen LogP contribution < -0.4 is 0 Å². The molecular weight excluding hydrogens is 340 g/mol. The molecule has 0 unspecified atom stereocenters. The van der Waals surface area contributed by atoms with E-state index in [1.807, 2.05) is 0 Å². The van der Waals surface area contributed by atoms with Crippen molar-refractivity contribution in [3.05, 3.63) is 72.3 Å². The molecule has 3 aromatic rings. The van der Waals surface area contributed by atoms with Crippen LogP contribution >= 0.6 is 0 Å². The van der Waals surface area contributed by atoms with E-state index >= 15 is 0 Å². The van der Waals surface area contributed by atoms with Crippen molar-refractivity contribution in [3.63, 3.8) is 0 Å². The first-order valence-corrected chi connectivity index (χ1v) is 9.04. The molecule has 3 aromatic carbocycles. The molecule has 138 valence electrons. The smallest absolute Gasteiger partial charge is 0.339 e. The molecule has 1 N–H and O–H groups in total. The molecule has 0 aromatic heterocycles. The van der Waals surface area contributed by atoms with Crippen molar-refractivity contribution in [1.29, 1.82) is 0 Å². The van der Waals surface area contributed by atoms with Crippen LogP contribution in [0.15, 0.2) is 61.2 Å². The third kappa shape index (κ3) is 4.23. The Balaban J connectivity index is 0.000000201. The normalized spacial score (nSPS) is 12.6. The minimum Gasteiger partial charge on any atom is -0.388 e. The van der Waals surface area contributed by atoms with Crippen molar-refractivity contribution in [1.82, 2.24) is 0 Å². The number of aliphatic hydroxyl groups is 1. The number of carbonyl (C=O) groups excluding carboxylic acids is 2. The average Bonchev–Trinajstić information content (AvgIpc) is 2.73. The monoisotopic (exact) mass is 362 g/mol. The van der Waals surface area contributed by atoms with Crippen LogP contribution in [0.3, 0.4) is 0 Å². The summed E-state index contributed by atoms with van der Waals surface area (Å²) in [6, 6.07) is 18.0. The van der Waals surface area contributed by atoms with E-state index in [9.17, 15) is 9.59 Å². The molecule has 0 spiro atoms. The summed E-state index contributed by atoms with van der Waals surface area (Å²) in [6.07, 6.45) is 6.06. The number of aliphatic hydroxyl groups excluding tert-OH is 1. The lowest BCUT2D eigenvalue weighted by atomic mass is 9.86. The van der Waals surface area contributed by atoms with Crippen molar-refractivity contribution < 1.29 is 19.4 Å². The zero-order valence-electron chi connectivity index (χ0n) is 15.1. The van der Waals surface area contributed by atoms with Gasteiger partial charge in [-0.1, -0.05) is 55.1 Å². The van der Waals surface area contributed by atoms with Crippen LogP contribution in [0.2, 0.25) is 0 Å². The Morgan fingerprint density at radius 2 is 1.70 bits per heavy atom. The summed E-state index contributed by atoms with van der Waals surface area (Å²) in [5.41, 5.74) is 3.17. The van der Waals surface area contributed by atoms with Crippen LogP contribution in [-0.4, -0.2) is 23.7 Å². The predicted octanol–water partition coefficient (Wildman–Crippen LogP) is 4.11. The van der Waals surface area contributed by atoms with E-state index in [0.29, 0.717) is 0 Å². The molecule has 4 rings (SSSR count). The van der Waals surface area contributed by atoms with Crippen LogP contribution in [0.25, 0.3) is 21.5 Å². The molecule has 0 atom stereocenters. The number of fused-ring (bicyclic) bond motifs is 5. The van der Waals surface area contributed by atoms with Gasteiger partial charge in [0.2, 0.25) is 0 Å². The maximum absolute atomic E-state index is 10.1. The van der Waals surface area contributed by atoms with Gasteiger partial charge in [0, 0.05) is 6.08 Å². The third-order valence-corrected chi connectivity index (χ3v) is 4.77. The summed E-state index contributed by atoms with van der Waals surface area (Å²) in [5, 5.41) is 13.7. The number of benzene rings is 3. The zero-order valence-corrected chi connectivity index (χ0v) is 15.1. The lowest BCUT2D eigenvalue weighted by Gasteiger charge is -2.18. The quantitative estimate of drug-likeness (QED) is 0.323. The molecule has 1 aliphatic rings. The molecule has 0 amide bonds. The summed E-state index contributed by atoms with van der Waals surface area (Å²) >= 11 is 0. The number of ether oxygens (including phenoxy) is 1.